The first-order chi connectivity index (χ1) is 13.9. The number of nitrogens with two attached hydrogens (primary N) is 1. The summed E-state index contributed by atoms with van der Waals surface area (Å²) in [6.45, 7) is 9.35. The van der Waals surface area contributed by atoms with Crippen molar-refractivity contribution in [3.8, 4) is 22.4 Å². The zero-order chi connectivity index (χ0) is 20.7. The summed E-state index contributed by atoms with van der Waals surface area (Å²) in [7, 11) is 1.81. The van der Waals surface area contributed by atoms with E-state index in [0.717, 1.165) is 16.8 Å². The Morgan fingerprint density at radius 2 is 2.03 bits per heavy atom. The van der Waals surface area contributed by atoms with Gasteiger partial charge >= 0.3 is 0 Å². The molecule has 144 valence electrons. The molecular weight excluding hydrogens is 388 g/mol. The lowest BCUT2D eigenvalue weighted by atomic mass is 9.97. The fourth-order valence-corrected chi connectivity index (χ4v) is 3.71. The summed E-state index contributed by atoms with van der Waals surface area (Å²) in [6.07, 6.45) is 1.73. The van der Waals surface area contributed by atoms with Gasteiger partial charge in [-0.3, -0.25) is 9.48 Å². The van der Waals surface area contributed by atoms with Gasteiger partial charge in [0.1, 0.15) is 0 Å². The highest BCUT2D eigenvalue weighted by Gasteiger charge is 2.19. The predicted octanol–water partition coefficient (Wildman–Crippen LogP) is 4.21. The first-order valence-corrected chi connectivity index (χ1v) is 9.26. The maximum absolute atomic E-state index is 12.2. The molecule has 0 amide bonds. The zero-order valence-corrected chi connectivity index (χ0v) is 16.5. The molecule has 2 aromatic carbocycles. The molecule has 0 saturated carbocycles. The number of para-hydroxylation sites is 1. The smallest absolute Gasteiger partial charge is 0.272 e. The second-order valence-electron chi connectivity index (χ2n) is 6.77. The number of aromatic amines is 1. The molecule has 3 N–H and O–H groups in total. The summed E-state index contributed by atoms with van der Waals surface area (Å²) in [4.78, 5) is 15.8. The van der Waals surface area contributed by atoms with Crippen molar-refractivity contribution >= 4 is 28.1 Å². The maximum Gasteiger partial charge on any atom is 0.272 e. The van der Waals surface area contributed by atoms with Crippen LogP contribution in [0, 0.1) is 6.57 Å². The van der Waals surface area contributed by atoms with Crippen LogP contribution in [0.1, 0.15) is 18.7 Å². The highest BCUT2D eigenvalue weighted by atomic mass is 35.5. The van der Waals surface area contributed by atoms with Gasteiger partial charge in [0.2, 0.25) is 5.69 Å². The Balaban J connectivity index is 2.00. The first-order valence-electron chi connectivity index (χ1n) is 8.89. The molecule has 8 heteroatoms. The molecule has 0 saturated heterocycles. The SMILES string of the molecule is [C-]#[N+]c1c(Cl)cccc1-c1c(-c2ccc3c(=O)[nH]nc([C@@H](C)N)c3c2)cnn1C. The van der Waals surface area contributed by atoms with Gasteiger partial charge in [-0.1, -0.05) is 35.9 Å². The van der Waals surface area contributed by atoms with Crippen LogP contribution in [-0.4, -0.2) is 20.0 Å². The van der Waals surface area contributed by atoms with Gasteiger partial charge in [0.25, 0.3) is 5.56 Å². The molecule has 0 aliphatic rings. The fourth-order valence-electron chi connectivity index (χ4n) is 3.49. The summed E-state index contributed by atoms with van der Waals surface area (Å²) in [6, 6.07) is 10.5. The standard InChI is InChI=1S/C21H17ClN6O/c1-11(23)18-15-9-12(7-8-13(15)21(29)27-26-18)16-10-25-28(3)20(16)14-5-4-6-17(22)19(14)24-2/h4-11H,23H2,1,3H3,(H,27,29)/t11-/m1/s1. The van der Waals surface area contributed by atoms with Crippen molar-refractivity contribution < 1.29 is 0 Å². The number of nitrogens with one attached hydrogen (secondary N) is 1. The number of rotatable bonds is 3. The van der Waals surface area contributed by atoms with Crippen LogP contribution in [0.3, 0.4) is 0 Å². The molecule has 4 aromatic rings. The van der Waals surface area contributed by atoms with Crippen LogP contribution in [0.25, 0.3) is 38.0 Å². The minimum Gasteiger partial charge on any atom is -0.323 e. The summed E-state index contributed by atoms with van der Waals surface area (Å²) >= 11 is 6.24. The number of halogens is 1. The van der Waals surface area contributed by atoms with Crippen molar-refractivity contribution in [2.24, 2.45) is 12.8 Å². The monoisotopic (exact) mass is 404 g/mol. The van der Waals surface area contributed by atoms with Crippen molar-refractivity contribution in [3.63, 3.8) is 0 Å². The Labute approximate surface area is 171 Å². The van der Waals surface area contributed by atoms with E-state index in [9.17, 15) is 4.79 Å². The van der Waals surface area contributed by atoms with Gasteiger partial charge in [-0.2, -0.15) is 10.2 Å². The van der Waals surface area contributed by atoms with E-state index in [1.165, 1.54) is 0 Å². The number of nitrogens with zero attached hydrogens (tertiary/aromatic N) is 4. The van der Waals surface area contributed by atoms with Gasteiger partial charge in [-0.25, -0.2) is 9.94 Å². The second kappa shape index (κ2) is 7.17. The number of hydrogen-bond donors (Lipinski definition) is 2. The Bertz CT molecular complexity index is 1350. The molecule has 0 aliphatic heterocycles. The van der Waals surface area contributed by atoms with Gasteiger partial charge in [0.05, 0.1) is 29.5 Å². The fraction of sp³-hybridized carbons (Fsp3) is 0.143. The van der Waals surface area contributed by atoms with E-state index >= 15 is 0 Å². The van der Waals surface area contributed by atoms with Crippen LogP contribution in [-0.2, 0) is 7.05 Å². The number of H-pyrrole nitrogens is 1. The zero-order valence-electron chi connectivity index (χ0n) is 15.8. The van der Waals surface area contributed by atoms with Crippen LogP contribution in [0.15, 0.2) is 47.4 Å². The molecule has 0 unspecified atom stereocenters. The van der Waals surface area contributed by atoms with Crippen molar-refractivity contribution in [2.45, 2.75) is 13.0 Å². The second-order valence-corrected chi connectivity index (χ2v) is 7.17. The van der Waals surface area contributed by atoms with E-state index in [1.54, 1.807) is 29.1 Å². The molecule has 0 spiro atoms. The van der Waals surface area contributed by atoms with Crippen LogP contribution in [0.5, 0.6) is 0 Å². The maximum atomic E-state index is 12.2. The quantitative estimate of drug-likeness (QED) is 0.500. The van der Waals surface area contributed by atoms with Crippen LogP contribution in [0.2, 0.25) is 5.02 Å². The summed E-state index contributed by atoms with van der Waals surface area (Å²) in [5, 5.41) is 12.6. The summed E-state index contributed by atoms with van der Waals surface area (Å²) in [5.74, 6) is 0. The number of hydrogen-bond acceptors (Lipinski definition) is 4. The largest absolute Gasteiger partial charge is 0.323 e. The van der Waals surface area contributed by atoms with E-state index < -0.39 is 0 Å². The van der Waals surface area contributed by atoms with Crippen molar-refractivity contribution in [3.05, 3.63) is 75.1 Å². The molecule has 0 radical (unpaired) electrons. The normalized spacial score (nSPS) is 12.1. The van der Waals surface area contributed by atoms with E-state index in [1.807, 2.05) is 32.2 Å². The lowest BCUT2D eigenvalue weighted by Crippen LogP contribution is -2.16. The molecule has 0 bridgehead atoms. The summed E-state index contributed by atoms with van der Waals surface area (Å²) in [5.41, 5.74) is 9.87. The third kappa shape index (κ3) is 3.09. The van der Waals surface area contributed by atoms with Gasteiger partial charge in [0.15, 0.2) is 0 Å². The minimum atomic E-state index is -0.348. The van der Waals surface area contributed by atoms with Crippen LogP contribution < -0.4 is 11.3 Å². The molecule has 29 heavy (non-hydrogen) atoms. The molecule has 7 nitrogen and oxygen atoms in total. The number of fused-ring (bicyclic) bond motifs is 1. The van der Waals surface area contributed by atoms with Crippen molar-refractivity contribution in [1.29, 1.82) is 0 Å². The topological polar surface area (TPSA) is 93.9 Å². The van der Waals surface area contributed by atoms with Gasteiger partial charge in [-0.15, -0.1) is 0 Å². The van der Waals surface area contributed by atoms with Crippen molar-refractivity contribution in [1.82, 2.24) is 20.0 Å². The Hall–Kier alpha value is -3.47. The molecule has 0 aliphatic carbocycles. The lowest BCUT2D eigenvalue weighted by Gasteiger charge is -2.12. The van der Waals surface area contributed by atoms with E-state index in [2.05, 4.69) is 20.1 Å². The molecule has 4 rings (SSSR count). The summed E-state index contributed by atoms with van der Waals surface area (Å²) < 4.78 is 1.71. The van der Waals surface area contributed by atoms with Crippen LogP contribution >= 0.6 is 11.6 Å². The minimum absolute atomic E-state index is 0.271. The van der Waals surface area contributed by atoms with E-state index in [0.29, 0.717) is 32.7 Å². The van der Waals surface area contributed by atoms with Crippen LogP contribution in [0.4, 0.5) is 5.69 Å². The molecule has 0 fully saturated rings. The highest BCUT2D eigenvalue weighted by Crippen LogP contribution is 2.41. The highest BCUT2D eigenvalue weighted by molar-refractivity contribution is 6.34. The average Bonchev–Trinajstić information content (AvgIpc) is 3.08. The van der Waals surface area contributed by atoms with Crippen molar-refractivity contribution in [2.75, 3.05) is 0 Å². The van der Waals surface area contributed by atoms with Gasteiger partial charge in [-0.05, 0) is 24.6 Å². The molecule has 2 aromatic heterocycles. The number of benzene rings is 2. The third-order valence-electron chi connectivity index (χ3n) is 4.85. The molecule has 1 atom stereocenters. The Morgan fingerprint density at radius 1 is 1.24 bits per heavy atom. The Morgan fingerprint density at radius 3 is 2.76 bits per heavy atom. The predicted molar refractivity (Wildman–Crippen MR) is 114 cm³/mol. The lowest BCUT2D eigenvalue weighted by molar-refractivity contribution is 0.759. The molecule has 2 heterocycles. The van der Waals surface area contributed by atoms with E-state index in [4.69, 9.17) is 23.9 Å². The number of aryl methyl sites for hydroxylation is 1. The number of aromatic nitrogens is 4. The van der Waals surface area contributed by atoms with Gasteiger partial charge in [0, 0.05) is 34.6 Å². The molecular formula is C21H17ClN6O. The first kappa shape index (κ1) is 18.9. The Kier molecular flexibility index (Phi) is 4.66. The van der Waals surface area contributed by atoms with E-state index in [-0.39, 0.29) is 11.6 Å². The van der Waals surface area contributed by atoms with Gasteiger partial charge < -0.3 is 5.73 Å². The average molecular weight is 405 g/mol. The third-order valence-corrected chi connectivity index (χ3v) is 5.16.